The predicted octanol–water partition coefficient (Wildman–Crippen LogP) is 1.52. The van der Waals surface area contributed by atoms with E-state index in [1.165, 1.54) is 17.3 Å². The average molecular weight is 344 g/mol. The Morgan fingerprint density at radius 2 is 2.25 bits per heavy atom. The molecule has 3 rings (SSSR count). The first-order chi connectivity index (χ1) is 11.7. The van der Waals surface area contributed by atoms with Crippen molar-refractivity contribution in [1.82, 2.24) is 25.1 Å². The maximum atomic E-state index is 11.0. The molecule has 4 N–H and O–H groups in total. The molecule has 0 aliphatic rings. The number of fused-ring (bicyclic) bond motifs is 1. The van der Waals surface area contributed by atoms with Crippen molar-refractivity contribution in [3.63, 3.8) is 0 Å². The largest absolute Gasteiger partial charge is 0.370 e. The van der Waals surface area contributed by atoms with Gasteiger partial charge in [0, 0.05) is 48.9 Å². The van der Waals surface area contributed by atoms with Crippen LogP contribution in [0.15, 0.2) is 41.9 Å². The van der Waals surface area contributed by atoms with Gasteiger partial charge in [0.2, 0.25) is 5.91 Å². The van der Waals surface area contributed by atoms with Crippen molar-refractivity contribution in [3.05, 3.63) is 42.4 Å². The summed E-state index contributed by atoms with van der Waals surface area (Å²) in [5.41, 5.74) is 7.62. The molecule has 7 nitrogen and oxygen atoms in total. The van der Waals surface area contributed by atoms with Crippen LogP contribution in [-0.2, 0) is 17.9 Å². The number of aromatic amines is 1. The first kappa shape index (κ1) is 16.5. The van der Waals surface area contributed by atoms with Crippen molar-refractivity contribution in [2.24, 2.45) is 5.73 Å². The number of aromatic nitrogens is 4. The topological polar surface area (TPSA) is 102 Å². The number of nitrogens with two attached hydrogens (primary N) is 1. The Morgan fingerprint density at radius 1 is 1.38 bits per heavy atom. The van der Waals surface area contributed by atoms with Crippen molar-refractivity contribution in [2.45, 2.75) is 24.7 Å². The van der Waals surface area contributed by atoms with E-state index < -0.39 is 0 Å². The van der Waals surface area contributed by atoms with Crippen LogP contribution >= 0.6 is 11.8 Å². The summed E-state index contributed by atoms with van der Waals surface area (Å²) in [5, 5.41) is 12.1. The number of nitrogens with zero attached hydrogens (tertiary/aromatic N) is 3. The van der Waals surface area contributed by atoms with Gasteiger partial charge in [-0.2, -0.15) is 5.10 Å². The fraction of sp³-hybridized carbons (Fsp3) is 0.312. The molecule has 1 aromatic carbocycles. The number of benzene rings is 1. The molecule has 0 saturated heterocycles. The molecule has 8 heteroatoms. The number of carbonyl (C=O) groups is 1. The summed E-state index contributed by atoms with van der Waals surface area (Å²) in [5.74, 6) is 0.632. The second-order valence-corrected chi connectivity index (χ2v) is 6.48. The van der Waals surface area contributed by atoms with Crippen molar-refractivity contribution < 1.29 is 4.79 Å². The van der Waals surface area contributed by atoms with Gasteiger partial charge in [0.1, 0.15) is 6.33 Å². The summed E-state index contributed by atoms with van der Waals surface area (Å²) in [6.07, 6.45) is 3.96. The lowest BCUT2D eigenvalue weighted by Gasteiger charge is -2.03. The van der Waals surface area contributed by atoms with Gasteiger partial charge in [0.25, 0.3) is 0 Å². The Bertz CT molecular complexity index is 798. The number of nitrogens with one attached hydrogen (secondary N) is 2. The minimum atomic E-state index is -0.281. The van der Waals surface area contributed by atoms with Gasteiger partial charge in [-0.25, -0.2) is 4.98 Å². The van der Waals surface area contributed by atoms with E-state index in [9.17, 15) is 4.79 Å². The Kier molecular flexibility index (Phi) is 5.50. The lowest BCUT2D eigenvalue weighted by Crippen LogP contribution is -2.16. The standard InChI is InChI=1S/C16H20N6OS/c17-15(23)5-7-22-10-12(13-3-1-2-4-14(13)22)9-18-6-8-24-16-19-11-20-21-16/h1-4,10-11,18H,5-9H2,(H2,17,23)(H,19,20,21). The van der Waals surface area contributed by atoms with E-state index >= 15 is 0 Å². The monoisotopic (exact) mass is 344 g/mol. The van der Waals surface area contributed by atoms with Gasteiger partial charge < -0.3 is 15.6 Å². The van der Waals surface area contributed by atoms with Crippen LogP contribution in [0.25, 0.3) is 10.9 Å². The molecule has 126 valence electrons. The number of thioether (sulfide) groups is 1. The summed E-state index contributed by atoms with van der Waals surface area (Å²) in [7, 11) is 0. The van der Waals surface area contributed by atoms with E-state index in [4.69, 9.17) is 5.73 Å². The summed E-state index contributed by atoms with van der Waals surface area (Å²) < 4.78 is 2.10. The number of rotatable bonds is 9. The first-order valence-corrected chi connectivity index (χ1v) is 8.76. The van der Waals surface area contributed by atoms with Crippen LogP contribution in [0.4, 0.5) is 0 Å². The third-order valence-electron chi connectivity index (χ3n) is 3.70. The molecule has 0 bridgehead atoms. The zero-order valence-corrected chi connectivity index (χ0v) is 14.1. The summed E-state index contributed by atoms with van der Waals surface area (Å²) in [4.78, 5) is 15.1. The van der Waals surface area contributed by atoms with Crippen LogP contribution in [0.3, 0.4) is 0 Å². The number of H-pyrrole nitrogens is 1. The zero-order chi connectivity index (χ0) is 16.8. The maximum absolute atomic E-state index is 11.0. The number of carbonyl (C=O) groups excluding carboxylic acids is 1. The van der Waals surface area contributed by atoms with Gasteiger partial charge in [0.15, 0.2) is 5.16 Å². The molecular formula is C16H20N6OS. The van der Waals surface area contributed by atoms with Crippen LogP contribution in [0, 0.1) is 0 Å². The van der Waals surface area contributed by atoms with Crippen molar-refractivity contribution in [1.29, 1.82) is 0 Å². The fourth-order valence-electron chi connectivity index (χ4n) is 2.59. The summed E-state index contributed by atoms with van der Waals surface area (Å²) >= 11 is 1.63. The van der Waals surface area contributed by atoms with E-state index in [1.807, 2.05) is 12.1 Å². The number of hydrogen-bond acceptors (Lipinski definition) is 5. The highest BCUT2D eigenvalue weighted by atomic mass is 32.2. The van der Waals surface area contributed by atoms with E-state index in [0.29, 0.717) is 13.0 Å². The Labute approximate surface area is 144 Å². The zero-order valence-electron chi connectivity index (χ0n) is 13.2. The van der Waals surface area contributed by atoms with E-state index in [1.54, 1.807) is 11.8 Å². The second-order valence-electron chi connectivity index (χ2n) is 5.40. The van der Waals surface area contributed by atoms with Crippen molar-refractivity contribution in [3.8, 4) is 0 Å². The van der Waals surface area contributed by atoms with Crippen molar-refractivity contribution in [2.75, 3.05) is 12.3 Å². The highest BCUT2D eigenvalue weighted by molar-refractivity contribution is 7.99. The molecule has 0 spiro atoms. The number of primary amides is 1. The minimum absolute atomic E-state index is 0.281. The lowest BCUT2D eigenvalue weighted by molar-refractivity contribution is -0.118. The Hall–Kier alpha value is -2.32. The molecule has 0 radical (unpaired) electrons. The Balaban J connectivity index is 1.58. The normalized spacial score (nSPS) is 11.2. The smallest absolute Gasteiger partial charge is 0.219 e. The highest BCUT2D eigenvalue weighted by Crippen LogP contribution is 2.21. The van der Waals surface area contributed by atoms with Crippen LogP contribution in [0.1, 0.15) is 12.0 Å². The Morgan fingerprint density at radius 3 is 3.04 bits per heavy atom. The molecule has 0 atom stereocenters. The second kappa shape index (κ2) is 7.98. The fourth-order valence-corrected chi connectivity index (χ4v) is 3.26. The van der Waals surface area contributed by atoms with E-state index in [0.717, 1.165) is 29.5 Å². The number of aryl methyl sites for hydroxylation is 1. The molecule has 0 aliphatic carbocycles. The quantitative estimate of drug-likeness (QED) is 0.403. The molecule has 0 aliphatic heterocycles. The minimum Gasteiger partial charge on any atom is -0.370 e. The SMILES string of the molecule is NC(=O)CCn1cc(CNCCSc2ncn[nH]2)c2ccccc21. The molecule has 1 amide bonds. The van der Waals surface area contributed by atoms with Crippen LogP contribution < -0.4 is 11.1 Å². The number of amides is 1. The van der Waals surface area contributed by atoms with Crippen LogP contribution in [-0.4, -0.2) is 38.0 Å². The molecule has 0 fully saturated rings. The third-order valence-corrected chi connectivity index (χ3v) is 4.57. The molecule has 24 heavy (non-hydrogen) atoms. The van der Waals surface area contributed by atoms with Gasteiger partial charge in [-0.05, 0) is 11.6 Å². The van der Waals surface area contributed by atoms with E-state index in [-0.39, 0.29) is 5.91 Å². The molecule has 2 heterocycles. The highest BCUT2D eigenvalue weighted by Gasteiger charge is 2.08. The molecule has 2 aromatic heterocycles. The predicted molar refractivity (Wildman–Crippen MR) is 94.6 cm³/mol. The van der Waals surface area contributed by atoms with Gasteiger partial charge in [0.05, 0.1) is 0 Å². The van der Waals surface area contributed by atoms with Gasteiger partial charge in [-0.1, -0.05) is 30.0 Å². The first-order valence-electron chi connectivity index (χ1n) is 7.78. The number of hydrogen-bond donors (Lipinski definition) is 3. The third kappa shape index (κ3) is 4.15. The van der Waals surface area contributed by atoms with E-state index in [2.05, 4.69) is 43.4 Å². The van der Waals surface area contributed by atoms with Gasteiger partial charge in [-0.3, -0.25) is 9.89 Å². The van der Waals surface area contributed by atoms with Crippen LogP contribution in [0.5, 0.6) is 0 Å². The summed E-state index contributed by atoms with van der Waals surface area (Å²) in [6.45, 7) is 2.25. The number of para-hydroxylation sites is 1. The molecule has 0 unspecified atom stereocenters. The van der Waals surface area contributed by atoms with Gasteiger partial charge in [-0.15, -0.1) is 0 Å². The van der Waals surface area contributed by atoms with Crippen molar-refractivity contribution >= 4 is 28.6 Å². The lowest BCUT2D eigenvalue weighted by atomic mass is 10.2. The molecule has 3 aromatic rings. The maximum Gasteiger partial charge on any atom is 0.219 e. The van der Waals surface area contributed by atoms with Crippen LogP contribution in [0.2, 0.25) is 0 Å². The summed E-state index contributed by atoms with van der Waals surface area (Å²) in [6, 6.07) is 8.22. The van der Waals surface area contributed by atoms with Gasteiger partial charge >= 0.3 is 0 Å². The molecular weight excluding hydrogens is 324 g/mol. The molecule has 0 saturated carbocycles. The average Bonchev–Trinajstić information content (AvgIpc) is 3.21.